The summed E-state index contributed by atoms with van der Waals surface area (Å²) in [6.45, 7) is 1.64. The lowest BCUT2D eigenvalue weighted by molar-refractivity contribution is 0.222. The molecule has 0 unspecified atom stereocenters. The molecule has 0 spiro atoms. The molecule has 3 aromatic rings. The third-order valence-corrected chi connectivity index (χ3v) is 4.11. The number of amides is 2. The fourth-order valence-electron chi connectivity index (χ4n) is 3.01. The fraction of sp³-hybridized carbons (Fsp3) is 0.235. The number of benzene rings is 1. The highest BCUT2D eigenvalue weighted by molar-refractivity contribution is 6.12. The van der Waals surface area contributed by atoms with Crippen molar-refractivity contribution < 1.29 is 4.79 Å². The van der Waals surface area contributed by atoms with Gasteiger partial charge in [0.15, 0.2) is 0 Å². The molecule has 0 saturated carbocycles. The van der Waals surface area contributed by atoms with E-state index in [1.54, 1.807) is 12.4 Å². The highest BCUT2D eigenvalue weighted by Crippen LogP contribution is 2.29. The van der Waals surface area contributed by atoms with Crippen molar-refractivity contribution in [1.29, 1.82) is 0 Å². The van der Waals surface area contributed by atoms with Crippen LogP contribution in [0.4, 0.5) is 10.5 Å². The molecule has 5 heteroatoms. The van der Waals surface area contributed by atoms with E-state index in [-0.39, 0.29) is 6.03 Å². The van der Waals surface area contributed by atoms with Crippen molar-refractivity contribution >= 4 is 33.5 Å². The number of hydrogen-bond acceptors (Lipinski definition) is 3. The van der Waals surface area contributed by atoms with E-state index in [9.17, 15) is 4.79 Å². The lowest BCUT2D eigenvalue weighted by Crippen LogP contribution is -2.32. The smallest absolute Gasteiger partial charge is 0.321 e. The van der Waals surface area contributed by atoms with Crippen LogP contribution in [-0.2, 0) is 0 Å². The summed E-state index contributed by atoms with van der Waals surface area (Å²) in [7, 11) is 0. The molecule has 1 N–H and O–H groups in total. The topological polar surface area (TPSA) is 58.1 Å². The zero-order valence-corrected chi connectivity index (χ0v) is 12.1. The second kappa shape index (κ2) is 5.26. The molecule has 2 amide bonds. The number of hydrogen-bond donors (Lipinski definition) is 1. The van der Waals surface area contributed by atoms with Gasteiger partial charge in [-0.05, 0) is 31.0 Å². The van der Waals surface area contributed by atoms with Crippen LogP contribution in [0.5, 0.6) is 0 Å². The Labute approximate surface area is 128 Å². The molecule has 0 aliphatic carbocycles. The predicted octanol–water partition coefficient (Wildman–Crippen LogP) is 3.41. The van der Waals surface area contributed by atoms with Crippen LogP contribution in [0.15, 0.2) is 42.7 Å². The highest BCUT2D eigenvalue weighted by atomic mass is 16.2. The van der Waals surface area contributed by atoms with Crippen LogP contribution < -0.4 is 5.32 Å². The average Bonchev–Trinajstić information content (AvgIpc) is 3.10. The van der Waals surface area contributed by atoms with E-state index in [1.165, 1.54) is 0 Å². The number of carbonyl (C=O) groups is 1. The van der Waals surface area contributed by atoms with Gasteiger partial charge in [0.25, 0.3) is 0 Å². The van der Waals surface area contributed by atoms with E-state index in [4.69, 9.17) is 0 Å². The maximum atomic E-state index is 12.4. The number of nitrogens with zero attached hydrogens (tertiary/aromatic N) is 3. The van der Waals surface area contributed by atoms with Crippen molar-refractivity contribution in [2.75, 3.05) is 18.4 Å². The Kier molecular flexibility index (Phi) is 3.11. The molecule has 1 saturated heterocycles. The van der Waals surface area contributed by atoms with Gasteiger partial charge in [0.2, 0.25) is 0 Å². The Morgan fingerprint density at radius 2 is 1.77 bits per heavy atom. The molecular formula is C17H16N4O. The minimum atomic E-state index is -0.0558. The molecule has 3 heterocycles. The van der Waals surface area contributed by atoms with Crippen LogP contribution in [0.3, 0.4) is 0 Å². The predicted molar refractivity (Wildman–Crippen MR) is 86.9 cm³/mol. The van der Waals surface area contributed by atoms with Crippen molar-refractivity contribution in [2.24, 2.45) is 0 Å². The third kappa shape index (κ3) is 2.15. The van der Waals surface area contributed by atoms with Crippen LogP contribution >= 0.6 is 0 Å². The van der Waals surface area contributed by atoms with Gasteiger partial charge >= 0.3 is 6.03 Å². The molecule has 5 nitrogen and oxygen atoms in total. The minimum Gasteiger partial charge on any atom is -0.325 e. The molecule has 1 aromatic carbocycles. The van der Waals surface area contributed by atoms with Gasteiger partial charge in [-0.25, -0.2) is 4.79 Å². The Balaban J connectivity index is 1.83. The molecule has 0 radical (unpaired) electrons. The second-order valence-electron chi connectivity index (χ2n) is 5.52. The Morgan fingerprint density at radius 1 is 1.05 bits per heavy atom. The second-order valence-corrected chi connectivity index (χ2v) is 5.52. The molecule has 22 heavy (non-hydrogen) atoms. The maximum Gasteiger partial charge on any atom is 0.321 e. The number of aromatic nitrogens is 2. The summed E-state index contributed by atoms with van der Waals surface area (Å²) in [5, 5.41) is 5.05. The Bertz CT molecular complexity index is 856. The van der Waals surface area contributed by atoms with Crippen LogP contribution in [-0.4, -0.2) is 34.0 Å². The monoisotopic (exact) mass is 292 g/mol. The molecule has 4 rings (SSSR count). The zero-order valence-electron chi connectivity index (χ0n) is 12.1. The van der Waals surface area contributed by atoms with Gasteiger partial charge in [-0.15, -0.1) is 0 Å². The number of likely N-dealkylation sites (tertiary alicyclic amines) is 1. The summed E-state index contributed by atoms with van der Waals surface area (Å²) in [6.07, 6.45) is 5.66. The van der Waals surface area contributed by atoms with E-state index in [2.05, 4.69) is 15.3 Å². The third-order valence-electron chi connectivity index (χ3n) is 4.11. The molecule has 1 aliphatic heterocycles. The van der Waals surface area contributed by atoms with E-state index in [0.717, 1.165) is 53.4 Å². The molecule has 0 atom stereocenters. The highest BCUT2D eigenvalue weighted by Gasteiger charge is 2.19. The van der Waals surface area contributed by atoms with Crippen molar-refractivity contribution in [1.82, 2.24) is 14.9 Å². The SMILES string of the molecule is O=C(Nc1cc2ncccc2c2cccnc12)N1CCCC1. The first kappa shape index (κ1) is 13.0. The first-order valence-electron chi connectivity index (χ1n) is 7.51. The van der Waals surface area contributed by atoms with Gasteiger partial charge in [-0.3, -0.25) is 9.97 Å². The number of urea groups is 1. The summed E-state index contributed by atoms with van der Waals surface area (Å²) in [5.41, 5.74) is 2.38. The van der Waals surface area contributed by atoms with Crippen molar-refractivity contribution in [2.45, 2.75) is 12.8 Å². The fourth-order valence-corrected chi connectivity index (χ4v) is 3.01. The number of carbonyl (C=O) groups excluding carboxylic acids is 1. The largest absolute Gasteiger partial charge is 0.325 e. The molecule has 2 aromatic heterocycles. The molecule has 0 bridgehead atoms. The van der Waals surface area contributed by atoms with Gasteiger partial charge in [-0.2, -0.15) is 0 Å². The van der Waals surface area contributed by atoms with Crippen LogP contribution in [0.2, 0.25) is 0 Å². The van der Waals surface area contributed by atoms with Gasteiger partial charge in [0.05, 0.1) is 16.7 Å². The molecule has 1 fully saturated rings. The summed E-state index contributed by atoms with van der Waals surface area (Å²) in [5.74, 6) is 0. The lowest BCUT2D eigenvalue weighted by atomic mass is 10.1. The van der Waals surface area contributed by atoms with Crippen molar-refractivity contribution in [3.05, 3.63) is 42.7 Å². The van der Waals surface area contributed by atoms with Gasteiger partial charge in [-0.1, -0.05) is 12.1 Å². The van der Waals surface area contributed by atoms with E-state index >= 15 is 0 Å². The maximum absolute atomic E-state index is 12.4. The normalized spacial score (nSPS) is 14.6. The average molecular weight is 292 g/mol. The van der Waals surface area contributed by atoms with Crippen LogP contribution in [0, 0.1) is 0 Å². The zero-order chi connectivity index (χ0) is 14.9. The van der Waals surface area contributed by atoms with E-state index in [1.807, 2.05) is 35.2 Å². The van der Waals surface area contributed by atoms with Crippen LogP contribution in [0.25, 0.3) is 21.8 Å². The first-order valence-corrected chi connectivity index (χ1v) is 7.51. The number of pyridine rings is 2. The van der Waals surface area contributed by atoms with Crippen molar-refractivity contribution in [3.8, 4) is 0 Å². The minimum absolute atomic E-state index is 0.0558. The number of anilines is 1. The summed E-state index contributed by atoms with van der Waals surface area (Å²) in [6, 6.07) is 9.70. The van der Waals surface area contributed by atoms with E-state index < -0.39 is 0 Å². The van der Waals surface area contributed by atoms with E-state index in [0.29, 0.717) is 0 Å². The standard InChI is InChI=1S/C17H16N4O/c22-17(21-9-1-2-10-21)20-15-11-14-12(5-3-7-18-14)13-6-4-8-19-16(13)15/h3-8,11H,1-2,9-10H2,(H,20,22). The Hall–Kier alpha value is -2.69. The van der Waals surface area contributed by atoms with Gasteiger partial charge in [0.1, 0.15) is 0 Å². The summed E-state index contributed by atoms with van der Waals surface area (Å²) < 4.78 is 0. The summed E-state index contributed by atoms with van der Waals surface area (Å²) >= 11 is 0. The number of rotatable bonds is 1. The first-order chi connectivity index (χ1) is 10.8. The molecular weight excluding hydrogens is 276 g/mol. The van der Waals surface area contributed by atoms with Crippen molar-refractivity contribution in [3.63, 3.8) is 0 Å². The Morgan fingerprint density at radius 3 is 2.59 bits per heavy atom. The van der Waals surface area contributed by atoms with Gasteiger partial charge in [0, 0.05) is 36.3 Å². The number of nitrogens with one attached hydrogen (secondary N) is 1. The summed E-state index contributed by atoms with van der Waals surface area (Å²) in [4.78, 5) is 23.1. The molecule has 1 aliphatic rings. The quantitative estimate of drug-likeness (QED) is 0.699. The molecule has 110 valence electrons. The van der Waals surface area contributed by atoms with Crippen LogP contribution in [0.1, 0.15) is 12.8 Å². The number of fused-ring (bicyclic) bond motifs is 3. The van der Waals surface area contributed by atoms with Gasteiger partial charge < -0.3 is 10.2 Å². The lowest BCUT2D eigenvalue weighted by Gasteiger charge is -2.17.